The lowest BCUT2D eigenvalue weighted by atomic mass is 10.1. The zero-order valence-electron chi connectivity index (χ0n) is 11.1. The second-order valence-corrected chi connectivity index (χ2v) is 5.36. The van der Waals surface area contributed by atoms with Crippen LogP contribution in [0.3, 0.4) is 0 Å². The minimum Gasteiger partial charge on any atom is -0.325 e. The highest BCUT2D eigenvalue weighted by atomic mass is 79.9. The lowest BCUT2D eigenvalue weighted by Gasteiger charge is -2.14. The molecule has 1 heterocycles. The molecule has 4 nitrogen and oxygen atoms in total. The summed E-state index contributed by atoms with van der Waals surface area (Å²) < 4.78 is 1.03. The van der Waals surface area contributed by atoms with E-state index in [-0.39, 0.29) is 18.5 Å². The van der Waals surface area contributed by atoms with Crippen LogP contribution in [0.15, 0.2) is 53.3 Å². The van der Waals surface area contributed by atoms with E-state index in [0.717, 1.165) is 15.7 Å². The Morgan fingerprint density at radius 2 is 2.05 bits per heavy atom. The summed E-state index contributed by atoms with van der Waals surface area (Å²) in [7, 11) is 0. The number of nitrogens with one attached hydrogen (secondary N) is 2. The highest BCUT2D eigenvalue weighted by Crippen LogP contribution is 2.17. The van der Waals surface area contributed by atoms with Crippen LogP contribution in [0.4, 0.5) is 5.69 Å². The van der Waals surface area contributed by atoms with Crippen LogP contribution in [0.1, 0.15) is 18.5 Å². The Labute approximate surface area is 126 Å². The summed E-state index contributed by atoms with van der Waals surface area (Å²) in [5, 5.41) is 6.01. The Morgan fingerprint density at radius 3 is 2.75 bits per heavy atom. The Morgan fingerprint density at radius 1 is 1.30 bits per heavy atom. The third-order valence-corrected chi connectivity index (χ3v) is 3.37. The Hall–Kier alpha value is -1.72. The summed E-state index contributed by atoms with van der Waals surface area (Å²) in [6.45, 7) is 2.29. The van der Waals surface area contributed by atoms with Gasteiger partial charge in [0.1, 0.15) is 0 Å². The third-order valence-electron chi connectivity index (χ3n) is 2.88. The average Bonchev–Trinajstić information content (AvgIpc) is 2.46. The van der Waals surface area contributed by atoms with Crippen molar-refractivity contribution >= 4 is 27.5 Å². The van der Waals surface area contributed by atoms with Gasteiger partial charge in [0.05, 0.1) is 6.54 Å². The van der Waals surface area contributed by atoms with Crippen molar-refractivity contribution < 1.29 is 4.79 Å². The van der Waals surface area contributed by atoms with Crippen LogP contribution in [0.5, 0.6) is 0 Å². The van der Waals surface area contributed by atoms with Gasteiger partial charge < -0.3 is 10.6 Å². The monoisotopic (exact) mass is 333 g/mol. The number of aromatic nitrogens is 1. The van der Waals surface area contributed by atoms with Gasteiger partial charge in [0.25, 0.3) is 0 Å². The van der Waals surface area contributed by atoms with Gasteiger partial charge in [-0.2, -0.15) is 0 Å². The molecule has 20 heavy (non-hydrogen) atoms. The summed E-state index contributed by atoms with van der Waals surface area (Å²) in [6.07, 6.45) is 3.29. The van der Waals surface area contributed by atoms with Crippen LogP contribution in [0.25, 0.3) is 0 Å². The molecule has 0 spiro atoms. The van der Waals surface area contributed by atoms with Gasteiger partial charge in [0.2, 0.25) is 5.91 Å². The van der Waals surface area contributed by atoms with Crippen molar-refractivity contribution in [3.05, 3.63) is 58.8 Å². The SMILES string of the molecule is C[C@H](NCC(=O)Nc1ccncc1)c1cccc(Br)c1. The Balaban J connectivity index is 1.84. The number of halogens is 1. The van der Waals surface area contributed by atoms with E-state index in [1.165, 1.54) is 0 Å². The summed E-state index contributed by atoms with van der Waals surface area (Å²) >= 11 is 3.44. The van der Waals surface area contributed by atoms with E-state index in [2.05, 4.69) is 31.5 Å². The minimum atomic E-state index is -0.0713. The number of carbonyl (C=O) groups excluding carboxylic acids is 1. The quantitative estimate of drug-likeness (QED) is 0.883. The molecule has 0 aliphatic carbocycles. The first-order valence-corrected chi connectivity index (χ1v) is 7.13. The molecule has 2 N–H and O–H groups in total. The van der Waals surface area contributed by atoms with Crippen LogP contribution in [-0.4, -0.2) is 17.4 Å². The fourth-order valence-electron chi connectivity index (χ4n) is 1.78. The van der Waals surface area contributed by atoms with Crippen LogP contribution >= 0.6 is 15.9 Å². The maximum atomic E-state index is 11.8. The molecule has 104 valence electrons. The first-order chi connectivity index (χ1) is 9.65. The van der Waals surface area contributed by atoms with Crippen LogP contribution in [0, 0.1) is 0 Å². The van der Waals surface area contributed by atoms with Crippen molar-refractivity contribution in [2.24, 2.45) is 0 Å². The second kappa shape index (κ2) is 7.17. The highest BCUT2D eigenvalue weighted by Gasteiger charge is 2.08. The lowest BCUT2D eigenvalue weighted by Crippen LogP contribution is -2.30. The van der Waals surface area contributed by atoms with Crippen molar-refractivity contribution in [3.8, 4) is 0 Å². The number of anilines is 1. The molecule has 0 aliphatic rings. The molecule has 1 atom stereocenters. The second-order valence-electron chi connectivity index (χ2n) is 4.44. The van der Waals surface area contributed by atoms with Crippen LogP contribution in [-0.2, 0) is 4.79 Å². The smallest absolute Gasteiger partial charge is 0.238 e. The summed E-state index contributed by atoms with van der Waals surface area (Å²) in [4.78, 5) is 15.7. The number of benzene rings is 1. The first kappa shape index (κ1) is 14.7. The topological polar surface area (TPSA) is 54.0 Å². The van der Waals surface area contributed by atoms with Gasteiger partial charge in [-0.1, -0.05) is 28.1 Å². The molecule has 1 amide bonds. The molecule has 0 saturated carbocycles. The standard InChI is InChI=1S/C15H16BrN3O/c1-11(12-3-2-4-13(16)9-12)18-10-15(20)19-14-5-7-17-8-6-14/h2-9,11,18H,10H2,1H3,(H,17,19,20)/t11-/m0/s1. The molecule has 1 aromatic heterocycles. The largest absolute Gasteiger partial charge is 0.325 e. The van der Waals surface area contributed by atoms with Crippen molar-refractivity contribution in [3.63, 3.8) is 0 Å². The molecule has 0 saturated heterocycles. The van der Waals surface area contributed by atoms with Gasteiger partial charge in [-0.15, -0.1) is 0 Å². The van der Waals surface area contributed by atoms with Gasteiger partial charge in [-0.05, 0) is 36.8 Å². The predicted octanol–water partition coefficient (Wildman–Crippen LogP) is 3.13. The predicted molar refractivity (Wildman–Crippen MR) is 83.4 cm³/mol. The zero-order valence-corrected chi connectivity index (χ0v) is 12.7. The van der Waals surface area contributed by atoms with Crippen LogP contribution < -0.4 is 10.6 Å². The van der Waals surface area contributed by atoms with Crippen molar-refractivity contribution in [2.75, 3.05) is 11.9 Å². The van der Waals surface area contributed by atoms with E-state index in [4.69, 9.17) is 0 Å². The van der Waals surface area contributed by atoms with Crippen molar-refractivity contribution in [1.29, 1.82) is 0 Å². The van der Waals surface area contributed by atoms with E-state index in [1.54, 1.807) is 24.5 Å². The number of hydrogen-bond donors (Lipinski definition) is 2. The molecule has 2 rings (SSSR count). The van der Waals surface area contributed by atoms with E-state index < -0.39 is 0 Å². The zero-order chi connectivity index (χ0) is 14.4. The third kappa shape index (κ3) is 4.43. The van der Waals surface area contributed by atoms with E-state index in [9.17, 15) is 4.79 Å². The number of nitrogens with zero attached hydrogens (tertiary/aromatic N) is 1. The number of hydrogen-bond acceptors (Lipinski definition) is 3. The fraction of sp³-hybridized carbons (Fsp3) is 0.200. The Bertz CT molecular complexity index is 574. The maximum Gasteiger partial charge on any atom is 0.238 e. The molecule has 0 radical (unpaired) electrons. The number of carbonyl (C=O) groups is 1. The fourth-order valence-corrected chi connectivity index (χ4v) is 2.20. The first-order valence-electron chi connectivity index (χ1n) is 6.34. The van der Waals surface area contributed by atoms with Gasteiger partial charge in [0, 0.05) is 28.6 Å². The molecule has 0 aliphatic heterocycles. The molecular formula is C15H16BrN3O. The minimum absolute atomic E-state index is 0.0713. The van der Waals surface area contributed by atoms with Gasteiger partial charge >= 0.3 is 0 Å². The van der Waals surface area contributed by atoms with Crippen molar-refractivity contribution in [1.82, 2.24) is 10.3 Å². The number of rotatable bonds is 5. The molecule has 1 aromatic carbocycles. The van der Waals surface area contributed by atoms with Gasteiger partial charge in [0.15, 0.2) is 0 Å². The van der Waals surface area contributed by atoms with E-state index >= 15 is 0 Å². The molecule has 0 unspecified atom stereocenters. The average molecular weight is 334 g/mol. The lowest BCUT2D eigenvalue weighted by molar-refractivity contribution is -0.115. The maximum absolute atomic E-state index is 11.8. The Kier molecular flexibility index (Phi) is 5.26. The molecule has 2 aromatic rings. The van der Waals surface area contributed by atoms with Gasteiger partial charge in [-0.25, -0.2) is 0 Å². The molecule has 0 fully saturated rings. The number of amides is 1. The number of pyridine rings is 1. The molecule has 5 heteroatoms. The van der Waals surface area contributed by atoms with Crippen LogP contribution in [0.2, 0.25) is 0 Å². The summed E-state index contributed by atoms with van der Waals surface area (Å²) in [5.74, 6) is -0.0713. The summed E-state index contributed by atoms with van der Waals surface area (Å²) in [6, 6.07) is 11.7. The van der Waals surface area contributed by atoms with Crippen molar-refractivity contribution in [2.45, 2.75) is 13.0 Å². The molecule has 0 bridgehead atoms. The van der Waals surface area contributed by atoms with E-state index in [1.807, 2.05) is 31.2 Å². The highest BCUT2D eigenvalue weighted by molar-refractivity contribution is 9.10. The molecular weight excluding hydrogens is 318 g/mol. The van der Waals surface area contributed by atoms with Gasteiger partial charge in [-0.3, -0.25) is 9.78 Å². The van der Waals surface area contributed by atoms with E-state index in [0.29, 0.717) is 0 Å². The summed E-state index contributed by atoms with van der Waals surface area (Å²) in [5.41, 5.74) is 1.89. The normalized spacial score (nSPS) is 11.9.